The fourth-order valence-corrected chi connectivity index (χ4v) is 2.76. The quantitative estimate of drug-likeness (QED) is 0.452. The van der Waals surface area contributed by atoms with E-state index in [9.17, 15) is 4.79 Å². The zero-order chi connectivity index (χ0) is 10.8. The topological polar surface area (TPSA) is 26.3 Å². The van der Waals surface area contributed by atoms with Crippen LogP contribution in [0.3, 0.4) is 0 Å². The highest BCUT2D eigenvalue weighted by Gasteiger charge is 2.35. The fourth-order valence-electron chi connectivity index (χ4n) is 1.94. The molecule has 2 nitrogen and oxygen atoms in total. The Kier molecular flexibility index (Phi) is 3.29. The summed E-state index contributed by atoms with van der Waals surface area (Å²) in [5.41, 5.74) is 1.24. The van der Waals surface area contributed by atoms with Gasteiger partial charge in [0.1, 0.15) is 6.10 Å². The molecule has 1 aromatic carbocycles. The van der Waals surface area contributed by atoms with Crippen molar-refractivity contribution in [3.05, 3.63) is 35.9 Å². The van der Waals surface area contributed by atoms with E-state index in [2.05, 4.69) is 34.7 Å². The van der Waals surface area contributed by atoms with Crippen molar-refractivity contribution in [3.63, 3.8) is 0 Å². The molecule has 2 rings (SSSR count). The van der Waals surface area contributed by atoms with E-state index < -0.39 is 0 Å². The maximum Gasteiger partial charge on any atom is 0.306 e. The molecule has 1 aliphatic heterocycles. The van der Waals surface area contributed by atoms with E-state index in [4.69, 9.17) is 4.74 Å². The molecule has 0 amide bonds. The van der Waals surface area contributed by atoms with Crippen molar-refractivity contribution in [2.24, 2.45) is 0 Å². The molecule has 3 atom stereocenters. The third kappa shape index (κ3) is 2.33. The molecule has 3 heteroatoms. The highest BCUT2D eigenvalue weighted by Crippen LogP contribution is 2.35. The van der Waals surface area contributed by atoms with E-state index in [1.165, 1.54) is 5.56 Å². The Morgan fingerprint density at radius 3 is 2.67 bits per heavy atom. The Balaban J connectivity index is 2.24. The molecule has 0 radical (unpaired) electrons. The molecule has 0 spiro atoms. The van der Waals surface area contributed by atoms with Crippen molar-refractivity contribution in [1.82, 2.24) is 0 Å². The molecule has 80 valence electrons. The number of ether oxygens (including phenoxy) is 1. The van der Waals surface area contributed by atoms with Gasteiger partial charge in [-0.25, -0.2) is 0 Å². The molecule has 0 bridgehead atoms. The van der Waals surface area contributed by atoms with Crippen molar-refractivity contribution in [2.75, 3.05) is 0 Å². The van der Waals surface area contributed by atoms with Crippen LogP contribution in [-0.2, 0) is 9.53 Å². The van der Waals surface area contributed by atoms with Gasteiger partial charge in [-0.1, -0.05) is 52.9 Å². The van der Waals surface area contributed by atoms with E-state index in [-0.39, 0.29) is 12.1 Å². The first kappa shape index (κ1) is 10.9. The van der Waals surface area contributed by atoms with Gasteiger partial charge >= 0.3 is 5.97 Å². The molecular formula is C12H13IO2. The Bertz CT molecular complexity index is 350. The summed E-state index contributed by atoms with van der Waals surface area (Å²) in [4.78, 5) is 11.4. The second kappa shape index (κ2) is 4.51. The average molecular weight is 316 g/mol. The van der Waals surface area contributed by atoms with Crippen LogP contribution in [0, 0.1) is 0 Å². The number of benzene rings is 1. The van der Waals surface area contributed by atoms with Gasteiger partial charge in [-0.15, -0.1) is 0 Å². The Hall–Kier alpha value is -0.580. The van der Waals surface area contributed by atoms with Crippen molar-refractivity contribution >= 4 is 28.6 Å². The third-order valence-electron chi connectivity index (χ3n) is 2.76. The first-order valence-electron chi connectivity index (χ1n) is 5.07. The van der Waals surface area contributed by atoms with Gasteiger partial charge in [0.2, 0.25) is 0 Å². The van der Waals surface area contributed by atoms with Gasteiger partial charge in [0.15, 0.2) is 0 Å². The minimum atomic E-state index is -0.0794. The van der Waals surface area contributed by atoms with Crippen LogP contribution in [0.1, 0.15) is 24.8 Å². The molecule has 1 aliphatic rings. The number of cyclic esters (lactones) is 1. The van der Waals surface area contributed by atoms with E-state index in [1.54, 1.807) is 0 Å². The van der Waals surface area contributed by atoms with Crippen molar-refractivity contribution in [3.8, 4) is 0 Å². The zero-order valence-corrected chi connectivity index (χ0v) is 10.7. The van der Waals surface area contributed by atoms with Crippen LogP contribution in [0.25, 0.3) is 0 Å². The minimum Gasteiger partial charge on any atom is -0.461 e. The highest BCUT2D eigenvalue weighted by molar-refractivity contribution is 14.1. The van der Waals surface area contributed by atoms with E-state index >= 15 is 0 Å². The van der Waals surface area contributed by atoms with Gasteiger partial charge in [-0.3, -0.25) is 4.79 Å². The smallest absolute Gasteiger partial charge is 0.306 e. The van der Waals surface area contributed by atoms with Gasteiger partial charge in [0.25, 0.3) is 0 Å². The van der Waals surface area contributed by atoms with Crippen LogP contribution in [-0.4, -0.2) is 16.0 Å². The predicted octanol–water partition coefficient (Wildman–Crippen LogP) is 2.91. The van der Waals surface area contributed by atoms with Gasteiger partial charge in [0.05, 0.1) is 10.3 Å². The number of halogens is 1. The number of alkyl halides is 1. The maximum absolute atomic E-state index is 11.4. The molecule has 1 aromatic rings. The van der Waals surface area contributed by atoms with Crippen molar-refractivity contribution in [2.45, 2.75) is 29.3 Å². The van der Waals surface area contributed by atoms with E-state index in [0.717, 1.165) is 0 Å². The SMILES string of the molecule is C[C@@H]1OC(=O)C[C@H](c2ccccc2)[C@H]1I. The second-order valence-corrected chi connectivity index (χ2v) is 5.30. The molecular weight excluding hydrogens is 303 g/mol. The van der Waals surface area contributed by atoms with E-state index in [0.29, 0.717) is 16.3 Å². The number of rotatable bonds is 1. The summed E-state index contributed by atoms with van der Waals surface area (Å²) in [5, 5.41) is 0. The lowest BCUT2D eigenvalue weighted by Gasteiger charge is -2.32. The lowest BCUT2D eigenvalue weighted by molar-refractivity contribution is -0.152. The number of hydrogen-bond acceptors (Lipinski definition) is 2. The summed E-state index contributed by atoms with van der Waals surface area (Å²) in [7, 11) is 0. The molecule has 1 heterocycles. The van der Waals surface area contributed by atoms with Gasteiger partial charge in [0, 0.05) is 5.92 Å². The number of carbonyl (C=O) groups is 1. The molecule has 15 heavy (non-hydrogen) atoms. The molecule has 0 aromatic heterocycles. The molecule has 0 N–H and O–H groups in total. The van der Waals surface area contributed by atoms with Crippen LogP contribution >= 0.6 is 22.6 Å². The highest BCUT2D eigenvalue weighted by atomic mass is 127. The van der Waals surface area contributed by atoms with Gasteiger partial charge in [-0.05, 0) is 12.5 Å². The molecule has 0 aliphatic carbocycles. The third-order valence-corrected chi connectivity index (χ3v) is 4.65. The number of hydrogen-bond donors (Lipinski definition) is 0. The van der Waals surface area contributed by atoms with Crippen molar-refractivity contribution < 1.29 is 9.53 Å². The van der Waals surface area contributed by atoms with Crippen LogP contribution in [0.15, 0.2) is 30.3 Å². The Morgan fingerprint density at radius 1 is 1.33 bits per heavy atom. The molecule has 1 saturated heterocycles. The number of carbonyl (C=O) groups excluding carboxylic acids is 1. The van der Waals surface area contributed by atoms with Crippen LogP contribution in [0.2, 0.25) is 0 Å². The first-order valence-corrected chi connectivity index (χ1v) is 6.31. The summed E-state index contributed by atoms with van der Waals surface area (Å²) in [6.07, 6.45) is 0.513. The molecule has 1 fully saturated rings. The molecule has 0 saturated carbocycles. The summed E-state index contributed by atoms with van der Waals surface area (Å²) in [6, 6.07) is 10.2. The summed E-state index contributed by atoms with van der Waals surface area (Å²) in [5.74, 6) is 0.215. The average Bonchev–Trinajstić information content (AvgIpc) is 2.24. The second-order valence-electron chi connectivity index (χ2n) is 3.86. The lowest BCUT2D eigenvalue weighted by atomic mass is 9.89. The summed E-state index contributed by atoms with van der Waals surface area (Å²) >= 11 is 2.38. The molecule has 0 unspecified atom stereocenters. The standard InChI is InChI=1S/C12H13IO2/c1-8-12(13)10(7-11(14)15-8)9-5-3-2-4-6-9/h2-6,8,10,12H,7H2,1H3/t8-,10+,12-/m0/s1. The first-order chi connectivity index (χ1) is 7.18. The Labute approximate surface area is 103 Å². The fraction of sp³-hybridized carbons (Fsp3) is 0.417. The van der Waals surface area contributed by atoms with Gasteiger partial charge < -0.3 is 4.74 Å². The monoisotopic (exact) mass is 316 g/mol. The predicted molar refractivity (Wildman–Crippen MR) is 67.2 cm³/mol. The Morgan fingerprint density at radius 2 is 2.00 bits per heavy atom. The van der Waals surface area contributed by atoms with Crippen LogP contribution in [0.5, 0.6) is 0 Å². The summed E-state index contributed by atoms with van der Waals surface area (Å²) < 4.78 is 5.57. The van der Waals surface area contributed by atoms with Crippen molar-refractivity contribution in [1.29, 1.82) is 0 Å². The van der Waals surface area contributed by atoms with Gasteiger partial charge in [-0.2, -0.15) is 0 Å². The van der Waals surface area contributed by atoms with Crippen LogP contribution < -0.4 is 0 Å². The number of esters is 1. The lowest BCUT2D eigenvalue weighted by Crippen LogP contribution is -2.36. The summed E-state index contributed by atoms with van der Waals surface area (Å²) in [6.45, 7) is 1.96. The minimum absolute atomic E-state index is 0.0112. The maximum atomic E-state index is 11.4. The van der Waals surface area contributed by atoms with Crippen LogP contribution in [0.4, 0.5) is 0 Å². The van der Waals surface area contributed by atoms with E-state index in [1.807, 2.05) is 25.1 Å². The zero-order valence-electron chi connectivity index (χ0n) is 8.52. The normalized spacial score (nSPS) is 31.1. The largest absolute Gasteiger partial charge is 0.461 e.